The highest BCUT2D eigenvalue weighted by atomic mass is 16.3. The topological polar surface area (TPSA) is 46.0 Å². The number of rotatable bonds is 3. The predicted molar refractivity (Wildman–Crippen MR) is 150 cm³/mol. The zero-order valence-electron chi connectivity index (χ0n) is 20.5. The lowest BCUT2D eigenvalue weighted by Gasteiger charge is -2.10. The number of para-hydroxylation sites is 2. The Morgan fingerprint density at radius 2 is 1.14 bits per heavy atom. The Morgan fingerprint density at radius 1 is 0.556 bits per heavy atom. The Morgan fingerprint density at radius 3 is 1.78 bits per heavy atom. The van der Waals surface area contributed by atoms with Crippen molar-refractivity contribution in [3.05, 3.63) is 132 Å². The minimum Gasteiger partial charge on any atom is -0.392 e. The van der Waals surface area contributed by atoms with Gasteiger partial charge >= 0.3 is 0 Å². The molecule has 0 aliphatic rings. The highest BCUT2D eigenvalue weighted by Crippen LogP contribution is 2.27. The van der Waals surface area contributed by atoms with Gasteiger partial charge in [-0.25, -0.2) is 9.97 Å². The second-order valence-electron chi connectivity index (χ2n) is 8.88. The second kappa shape index (κ2) is 10.5. The van der Waals surface area contributed by atoms with Crippen molar-refractivity contribution in [2.75, 3.05) is 0 Å². The number of hydrogen-bond donors (Lipinski definition) is 1. The van der Waals surface area contributed by atoms with Crippen molar-refractivity contribution >= 4 is 21.8 Å². The molecule has 0 spiro atoms. The summed E-state index contributed by atoms with van der Waals surface area (Å²) in [4.78, 5) is 9.50. The third kappa shape index (κ3) is 4.88. The quantitative estimate of drug-likeness (QED) is 0.287. The Kier molecular flexibility index (Phi) is 6.83. The predicted octanol–water partition coefficient (Wildman–Crippen LogP) is 7.91. The van der Waals surface area contributed by atoms with E-state index >= 15 is 0 Å². The van der Waals surface area contributed by atoms with Crippen LogP contribution in [0.4, 0.5) is 0 Å². The van der Waals surface area contributed by atoms with Gasteiger partial charge < -0.3 is 5.11 Å². The molecule has 0 fully saturated rings. The van der Waals surface area contributed by atoms with E-state index in [9.17, 15) is 5.11 Å². The van der Waals surface area contributed by atoms with Gasteiger partial charge in [0.15, 0.2) is 0 Å². The molecule has 6 aromatic rings. The first-order chi connectivity index (χ1) is 17.6. The summed E-state index contributed by atoms with van der Waals surface area (Å²) >= 11 is 0. The fourth-order valence-corrected chi connectivity index (χ4v) is 4.42. The molecule has 0 aliphatic heterocycles. The van der Waals surface area contributed by atoms with Crippen LogP contribution in [0.1, 0.15) is 16.7 Å². The molecule has 2 aromatic heterocycles. The summed E-state index contributed by atoms with van der Waals surface area (Å²) in [5.74, 6) is 0. The van der Waals surface area contributed by atoms with Crippen LogP contribution >= 0.6 is 0 Å². The van der Waals surface area contributed by atoms with Gasteiger partial charge in [-0.1, -0.05) is 103 Å². The number of hydrogen-bond acceptors (Lipinski definition) is 3. The first-order valence-corrected chi connectivity index (χ1v) is 12.1. The molecule has 0 saturated heterocycles. The Labute approximate surface area is 211 Å². The van der Waals surface area contributed by atoms with Crippen molar-refractivity contribution in [3.8, 4) is 22.5 Å². The highest BCUT2D eigenvalue weighted by molar-refractivity contribution is 5.86. The first kappa shape index (κ1) is 23.4. The maximum absolute atomic E-state index is 9.57. The Bertz CT molecular complexity index is 1630. The van der Waals surface area contributed by atoms with Crippen molar-refractivity contribution < 1.29 is 5.11 Å². The molecule has 176 valence electrons. The second-order valence-corrected chi connectivity index (χ2v) is 8.88. The number of benzene rings is 4. The van der Waals surface area contributed by atoms with Crippen LogP contribution in [0.15, 0.2) is 115 Å². The van der Waals surface area contributed by atoms with Gasteiger partial charge in [0.1, 0.15) is 0 Å². The summed E-state index contributed by atoms with van der Waals surface area (Å²) in [6, 6.07) is 38.9. The van der Waals surface area contributed by atoms with Crippen LogP contribution in [0.5, 0.6) is 0 Å². The van der Waals surface area contributed by atoms with Crippen LogP contribution in [-0.4, -0.2) is 15.1 Å². The van der Waals surface area contributed by atoms with Crippen molar-refractivity contribution in [1.82, 2.24) is 9.97 Å². The lowest BCUT2D eigenvalue weighted by molar-refractivity contribution is 0.282. The number of aliphatic hydroxyl groups is 1. The van der Waals surface area contributed by atoms with Crippen LogP contribution < -0.4 is 0 Å². The zero-order valence-corrected chi connectivity index (χ0v) is 20.5. The molecule has 3 heteroatoms. The Balaban J connectivity index is 0.000000149. The summed E-state index contributed by atoms with van der Waals surface area (Å²) < 4.78 is 0. The van der Waals surface area contributed by atoms with Crippen LogP contribution in [0.2, 0.25) is 0 Å². The first-order valence-electron chi connectivity index (χ1n) is 12.1. The van der Waals surface area contributed by atoms with E-state index in [1.54, 1.807) is 0 Å². The summed E-state index contributed by atoms with van der Waals surface area (Å²) in [6.45, 7) is 4.16. The van der Waals surface area contributed by atoms with E-state index in [4.69, 9.17) is 9.97 Å². The average molecular weight is 469 g/mol. The van der Waals surface area contributed by atoms with Gasteiger partial charge in [0, 0.05) is 27.5 Å². The molecular weight excluding hydrogens is 440 g/mol. The van der Waals surface area contributed by atoms with E-state index in [-0.39, 0.29) is 6.61 Å². The minimum atomic E-state index is 0.00110. The van der Waals surface area contributed by atoms with E-state index in [1.807, 2.05) is 66.7 Å². The van der Waals surface area contributed by atoms with Gasteiger partial charge in [-0.15, -0.1) is 0 Å². The number of nitrogens with zero attached hydrogens (tertiary/aromatic N) is 2. The van der Waals surface area contributed by atoms with E-state index in [1.165, 1.54) is 10.9 Å². The van der Waals surface area contributed by atoms with E-state index < -0.39 is 0 Å². The Hall–Kier alpha value is -4.34. The normalized spacial score (nSPS) is 10.8. The third-order valence-corrected chi connectivity index (χ3v) is 6.34. The summed E-state index contributed by atoms with van der Waals surface area (Å²) in [5.41, 5.74) is 9.43. The van der Waals surface area contributed by atoms with E-state index in [0.29, 0.717) is 0 Å². The van der Waals surface area contributed by atoms with Gasteiger partial charge in [0.2, 0.25) is 0 Å². The number of aliphatic hydroxyl groups excluding tert-OH is 1. The van der Waals surface area contributed by atoms with Crippen molar-refractivity contribution in [2.24, 2.45) is 0 Å². The van der Waals surface area contributed by atoms with Gasteiger partial charge in [0.25, 0.3) is 0 Å². The average Bonchev–Trinajstić information content (AvgIpc) is 2.94. The molecule has 0 amide bonds. The maximum atomic E-state index is 9.57. The number of pyridine rings is 2. The fraction of sp³-hybridized carbons (Fsp3) is 0.0909. The smallest absolute Gasteiger partial charge is 0.0764 e. The number of fused-ring (bicyclic) bond motifs is 2. The van der Waals surface area contributed by atoms with Crippen molar-refractivity contribution in [1.29, 1.82) is 0 Å². The fourth-order valence-electron chi connectivity index (χ4n) is 4.42. The highest BCUT2D eigenvalue weighted by Gasteiger charge is 2.09. The lowest BCUT2D eigenvalue weighted by Crippen LogP contribution is -1.95. The molecule has 0 radical (unpaired) electrons. The largest absolute Gasteiger partial charge is 0.392 e. The SMILES string of the molecule is Cc1cccc2cc(CO)c(-c3ccccc3)nc12.Cc1cccc2ccc(-c3ccccc3)nc12. The van der Waals surface area contributed by atoms with Gasteiger partial charge in [-0.2, -0.15) is 0 Å². The third-order valence-electron chi connectivity index (χ3n) is 6.34. The standard InChI is InChI=1S/C17H15NO.C16H13N/c1-12-6-5-9-14-10-15(11-19)17(18-16(12)14)13-7-3-2-4-8-13;1-12-6-5-9-14-10-11-15(17-16(12)14)13-7-3-2-4-8-13/h2-10,19H,11H2,1H3;2-11H,1H3. The molecule has 0 bridgehead atoms. The lowest BCUT2D eigenvalue weighted by atomic mass is 10.0. The van der Waals surface area contributed by atoms with Gasteiger partial charge in [0.05, 0.1) is 29.0 Å². The molecule has 4 aromatic carbocycles. The van der Waals surface area contributed by atoms with Gasteiger partial charge in [-0.05, 0) is 37.1 Å². The molecule has 6 rings (SSSR count). The molecule has 0 saturated carbocycles. The summed E-state index contributed by atoms with van der Waals surface area (Å²) in [7, 11) is 0. The number of aromatic nitrogens is 2. The van der Waals surface area contributed by atoms with Crippen LogP contribution in [0, 0.1) is 13.8 Å². The van der Waals surface area contributed by atoms with E-state index in [2.05, 4.69) is 62.4 Å². The molecule has 0 unspecified atom stereocenters. The molecule has 0 atom stereocenters. The van der Waals surface area contributed by atoms with Crippen molar-refractivity contribution in [3.63, 3.8) is 0 Å². The summed E-state index contributed by atoms with van der Waals surface area (Å²) in [6.07, 6.45) is 0. The van der Waals surface area contributed by atoms with Crippen LogP contribution in [0.3, 0.4) is 0 Å². The number of aryl methyl sites for hydroxylation is 2. The molecule has 36 heavy (non-hydrogen) atoms. The summed E-state index contributed by atoms with van der Waals surface area (Å²) in [5, 5.41) is 11.8. The van der Waals surface area contributed by atoms with Gasteiger partial charge in [-0.3, -0.25) is 0 Å². The molecule has 2 heterocycles. The zero-order chi connectivity index (χ0) is 24.9. The molecule has 0 aliphatic carbocycles. The maximum Gasteiger partial charge on any atom is 0.0764 e. The van der Waals surface area contributed by atoms with Crippen molar-refractivity contribution in [2.45, 2.75) is 20.5 Å². The monoisotopic (exact) mass is 468 g/mol. The molecule has 3 nitrogen and oxygen atoms in total. The van der Waals surface area contributed by atoms with Crippen LogP contribution in [0.25, 0.3) is 44.3 Å². The molecular formula is C33H28N2O. The van der Waals surface area contributed by atoms with Crippen LogP contribution in [-0.2, 0) is 6.61 Å². The van der Waals surface area contributed by atoms with E-state index in [0.717, 1.165) is 50.1 Å². The molecule has 1 N–H and O–H groups in total. The minimum absolute atomic E-state index is 0.00110.